The Bertz CT molecular complexity index is 727. The number of hydrogen-bond donors (Lipinski definition) is 8. The number of carbonyl (C=O) groups is 4. The van der Waals surface area contributed by atoms with Crippen LogP contribution in [0.3, 0.4) is 0 Å². The highest BCUT2D eigenvalue weighted by Gasteiger charge is 2.28. The minimum atomic E-state index is -1.34. The van der Waals surface area contributed by atoms with Gasteiger partial charge in [-0.1, -0.05) is 0 Å². The molecule has 10 N–H and O–H groups in total. The number of carboxylic acid groups (broad SMARTS) is 1. The lowest BCUT2D eigenvalue weighted by Gasteiger charge is -2.22. The number of aromatic nitrogens is 2. The molecule has 4 unspecified atom stereocenters. The van der Waals surface area contributed by atoms with E-state index in [2.05, 4.69) is 25.9 Å². The maximum atomic E-state index is 12.3. The van der Waals surface area contributed by atoms with Crippen molar-refractivity contribution in [2.75, 3.05) is 13.2 Å². The van der Waals surface area contributed by atoms with Crippen LogP contribution in [0.1, 0.15) is 31.9 Å². The predicted molar refractivity (Wildman–Crippen MR) is 109 cm³/mol. The van der Waals surface area contributed by atoms with E-state index in [4.69, 9.17) is 11.5 Å². The second-order valence-electron chi connectivity index (χ2n) is 7.05. The van der Waals surface area contributed by atoms with Crippen molar-refractivity contribution in [2.45, 2.75) is 56.8 Å². The molecule has 13 nitrogen and oxygen atoms in total. The lowest BCUT2D eigenvalue weighted by atomic mass is 10.1. The Hall–Kier alpha value is -3.03. The maximum Gasteiger partial charge on any atom is 0.326 e. The number of nitrogens with one attached hydrogen (secondary N) is 4. The Labute approximate surface area is 179 Å². The summed E-state index contributed by atoms with van der Waals surface area (Å²) in [6, 6.07) is -4.55. The summed E-state index contributed by atoms with van der Waals surface area (Å²) in [5, 5.41) is 25.7. The van der Waals surface area contributed by atoms with Crippen LogP contribution in [0.25, 0.3) is 0 Å². The zero-order valence-electron chi connectivity index (χ0n) is 17.3. The summed E-state index contributed by atoms with van der Waals surface area (Å²) in [5.74, 6) is -3.41. The van der Waals surface area contributed by atoms with Gasteiger partial charge in [-0.25, -0.2) is 9.78 Å². The molecular formula is C18H31N7O6. The van der Waals surface area contributed by atoms with Crippen LogP contribution in [0.2, 0.25) is 0 Å². The van der Waals surface area contributed by atoms with E-state index in [1.165, 1.54) is 19.4 Å². The monoisotopic (exact) mass is 441 g/mol. The lowest BCUT2D eigenvalue weighted by Crippen LogP contribution is -2.57. The molecule has 0 aliphatic heterocycles. The van der Waals surface area contributed by atoms with Crippen molar-refractivity contribution in [1.29, 1.82) is 0 Å². The minimum Gasteiger partial charge on any atom is -0.480 e. The van der Waals surface area contributed by atoms with E-state index in [0.29, 0.717) is 25.1 Å². The van der Waals surface area contributed by atoms with Gasteiger partial charge in [0, 0.05) is 18.3 Å². The fourth-order valence-corrected chi connectivity index (χ4v) is 2.63. The number of aromatic amines is 1. The van der Waals surface area contributed by atoms with Gasteiger partial charge in [-0.05, 0) is 32.7 Å². The first-order valence-corrected chi connectivity index (χ1v) is 9.87. The molecule has 1 heterocycles. The summed E-state index contributed by atoms with van der Waals surface area (Å²) in [7, 11) is 0. The number of hydrogen-bond acceptors (Lipinski definition) is 8. The quantitative estimate of drug-likeness (QED) is 0.137. The van der Waals surface area contributed by atoms with E-state index in [0.717, 1.165) is 0 Å². The normalized spacial score (nSPS) is 14.7. The van der Waals surface area contributed by atoms with Crippen molar-refractivity contribution in [2.24, 2.45) is 11.5 Å². The predicted octanol–water partition coefficient (Wildman–Crippen LogP) is -3.04. The molecule has 174 valence electrons. The van der Waals surface area contributed by atoms with Crippen LogP contribution in [0.15, 0.2) is 12.5 Å². The fourth-order valence-electron chi connectivity index (χ4n) is 2.63. The second kappa shape index (κ2) is 13.3. The number of aliphatic hydroxyl groups is 1. The number of rotatable bonds is 14. The third kappa shape index (κ3) is 9.11. The number of unbranched alkanes of at least 4 members (excludes halogenated alkanes) is 1. The smallest absolute Gasteiger partial charge is 0.326 e. The van der Waals surface area contributed by atoms with Crippen LogP contribution in [0.5, 0.6) is 0 Å². The van der Waals surface area contributed by atoms with Crippen LogP contribution in [0, 0.1) is 0 Å². The Balaban J connectivity index is 2.57. The average Bonchev–Trinajstić information content (AvgIpc) is 3.23. The number of amides is 3. The van der Waals surface area contributed by atoms with Gasteiger partial charge in [0.1, 0.15) is 18.1 Å². The van der Waals surface area contributed by atoms with Gasteiger partial charge in [0.05, 0.1) is 19.0 Å². The van der Waals surface area contributed by atoms with Crippen molar-refractivity contribution in [3.8, 4) is 0 Å². The molecule has 0 saturated heterocycles. The molecule has 4 atom stereocenters. The number of carbonyl (C=O) groups excluding carboxylic acids is 3. The average molecular weight is 441 g/mol. The Morgan fingerprint density at radius 2 is 1.77 bits per heavy atom. The summed E-state index contributed by atoms with van der Waals surface area (Å²) in [6.07, 6.45) is 4.42. The fraction of sp³-hybridized carbons (Fsp3) is 0.611. The molecule has 0 radical (unpaired) electrons. The summed E-state index contributed by atoms with van der Waals surface area (Å²) >= 11 is 0. The van der Waals surface area contributed by atoms with Crippen molar-refractivity contribution >= 4 is 23.7 Å². The van der Waals surface area contributed by atoms with E-state index >= 15 is 0 Å². The van der Waals surface area contributed by atoms with Gasteiger partial charge in [-0.15, -0.1) is 0 Å². The third-order valence-electron chi connectivity index (χ3n) is 4.46. The van der Waals surface area contributed by atoms with Gasteiger partial charge >= 0.3 is 5.97 Å². The van der Waals surface area contributed by atoms with Crippen molar-refractivity contribution in [3.63, 3.8) is 0 Å². The highest BCUT2D eigenvalue weighted by molar-refractivity contribution is 5.94. The van der Waals surface area contributed by atoms with Crippen LogP contribution >= 0.6 is 0 Å². The molecule has 1 aromatic heterocycles. The highest BCUT2D eigenvalue weighted by Crippen LogP contribution is 2.02. The molecule has 1 aromatic rings. The SMILES string of the molecule is CC(NC(=O)C(CO)NC(=O)C(N)Cc1cnc[nH]1)C(=O)NC(CCCCN)C(=O)O. The number of aliphatic hydroxyl groups excluding tert-OH is 1. The molecule has 31 heavy (non-hydrogen) atoms. The number of H-pyrrole nitrogens is 1. The summed E-state index contributed by atoms with van der Waals surface area (Å²) in [5.41, 5.74) is 11.8. The zero-order valence-corrected chi connectivity index (χ0v) is 17.3. The van der Waals surface area contributed by atoms with Crippen LogP contribution in [-0.2, 0) is 25.6 Å². The molecular weight excluding hydrogens is 410 g/mol. The molecule has 0 aliphatic carbocycles. The molecule has 1 rings (SSSR count). The zero-order chi connectivity index (χ0) is 23.4. The molecule has 0 fully saturated rings. The van der Waals surface area contributed by atoms with E-state index in [-0.39, 0.29) is 12.8 Å². The lowest BCUT2D eigenvalue weighted by molar-refractivity contribution is -0.142. The Kier molecular flexibility index (Phi) is 11.2. The van der Waals surface area contributed by atoms with Gasteiger partial charge in [-0.2, -0.15) is 0 Å². The molecule has 0 bridgehead atoms. The first kappa shape index (κ1) is 26.0. The largest absolute Gasteiger partial charge is 0.480 e. The van der Waals surface area contributed by atoms with Crippen molar-refractivity contribution < 1.29 is 29.4 Å². The maximum absolute atomic E-state index is 12.3. The molecule has 0 aromatic carbocycles. The van der Waals surface area contributed by atoms with Crippen molar-refractivity contribution in [1.82, 2.24) is 25.9 Å². The van der Waals surface area contributed by atoms with Gasteiger partial charge in [-0.3, -0.25) is 14.4 Å². The van der Waals surface area contributed by atoms with Crippen LogP contribution in [0.4, 0.5) is 0 Å². The minimum absolute atomic E-state index is 0.144. The summed E-state index contributed by atoms with van der Waals surface area (Å²) in [6.45, 7) is 1.04. The Morgan fingerprint density at radius 1 is 1.10 bits per heavy atom. The summed E-state index contributed by atoms with van der Waals surface area (Å²) < 4.78 is 0. The van der Waals surface area contributed by atoms with E-state index in [1.807, 2.05) is 0 Å². The van der Waals surface area contributed by atoms with Gasteiger partial charge < -0.3 is 42.6 Å². The number of nitrogens with zero attached hydrogens (tertiary/aromatic N) is 1. The molecule has 0 saturated carbocycles. The van der Waals surface area contributed by atoms with Gasteiger partial charge in [0.25, 0.3) is 0 Å². The number of carboxylic acids is 1. The van der Waals surface area contributed by atoms with Gasteiger partial charge in [0.2, 0.25) is 17.7 Å². The first-order valence-electron chi connectivity index (χ1n) is 9.87. The third-order valence-corrected chi connectivity index (χ3v) is 4.46. The van der Waals surface area contributed by atoms with Gasteiger partial charge in [0.15, 0.2) is 0 Å². The Morgan fingerprint density at radius 3 is 2.32 bits per heavy atom. The number of nitrogens with two attached hydrogens (primary N) is 2. The van der Waals surface area contributed by atoms with E-state index in [9.17, 15) is 29.4 Å². The first-order chi connectivity index (χ1) is 14.7. The second-order valence-corrected chi connectivity index (χ2v) is 7.05. The standard InChI is InChI=1S/C18H31N7O6/c1-10(15(27)24-13(18(30)31)4-2-3-5-19)23-17(29)14(8-26)25-16(28)12(20)6-11-7-21-9-22-11/h7,9-10,12-14,26H,2-6,8,19-20H2,1H3,(H,21,22)(H,23,29)(H,24,27)(H,25,28)(H,30,31). The van der Waals surface area contributed by atoms with Crippen LogP contribution in [-0.4, -0.2) is 81.2 Å². The van der Waals surface area contributed by atoms with E-state index < -0.39 is 54.5 Å². The molecule has 0 spiro atoms. The molecule has 0 aliphatic rings. The molecule has 13 heteroatoms. The van der Waals surface area contributed by atoms with Crippen molar-refractivity contribution in [3.05, 3.63) is 18.2 Å². The molecule has 3 amide bonds. The van der Waals surface area contributed by atoms with Crippen LogP contribution < -0.4 is 27.4 Å². The topological polar surface area (TPSA) is 226 Å². The van der Waals surface area contributed by atoms with E-state index in [1.54, 1.807) is 0 Å². The number of aliphatic carboxylic acids is 1. The highest BCUT2D eigenvalue weighted by atomic mass is 16.4. The number of imidazole rings is 1. The summed E-state index contributed by atoms with van der Waals surface area (Å²) in [4.78, 5) is 54.7.